The number of anilines is 1. The number of esters is 1. The molecule has 0 bridgehead atoms. The Kier molecular flexibility index (Phi) is 7.79. The van der Waals surface area contributed by atoms with Gasteiger partial charge in [-0.3, -0.25) is 9.59 Å². The molecule has 0 fully saturated rings. The lowest BCUT2D eigenvalue weighted by molar-refractivity contribution is -0.142. The van der Waals surface area contributed by atoms with Crippen molar-refractivity contribution in [1.29, 1.82) is 0 Å². The molecule has 0 saturated heterocycles. The molecule has 170 valence electrons. The summed E-state index contributed by atoms with van der Waals surface area (Å²) in [6.45, 7) is 5.29. The van der Waals surface area contributed by atoms with Crippen LogP contribution in [0.3, 0.4) is 0 Å². The zero-order valence-electron chi connectivity index (χ0n) is 18.6. The van der Waals surface area contributed by atoms with Crippen LogP contribution in [0, 0.1) is 13.8 Å². The molecular weight excluding hydrogens is 442 g/mol. The first-order valence-corrected chi connectivity index (χ1v) is 10.6. The highest BCUT2D eigenvalue weighted by molar-refractivity contribution is 6.31. The van der Waals surface area contributed by atoms with E-state index >= 15 is 0 Å². The maximum absolute atomic E-state index is 12.1. The molecule has 33 heavy (non-hydrogen) atoms. The Hall–Kier alpha value is -3.71. The van der Waals surface area contributed by atoms with Crippen LogP contribution in [0.2, 0.25) is 5.15 Å². The molecule has 0 aliphatic carbocycles. The summed E-state index contributed by atoms with van der Waals surface area (Å²) in [6, 6.07) is 14.6. The molecule has 3 rings (SSSR count). The molecule has 0 saturated carbocycles. The van der Waals surface area contributed by atoms with E-state index in [4.69, 9.17) is 16.3 Å². The van der Waals surface area contributed by atoms with Crippen LogP contribution in [-0.2, 0) is 20.9 Å². The molecule has 1 aromatic heterocycles. The zero-order chi connectivity index (χ0) is 24.0. The number of amides is 1. The molecule has 1 N–H and O–H groups in total. The van der Waals surface area contributed by atoms with E-state index in [0.29, 0.717) is 34.2 Å². The molecule has 1 amide bonds. The summed E-state index contributed by atoms with van der Waals surface area (Å²) in [5.41, 5.74) is 4.41. The smallest absolute Gasteiger partial charge is 0.331 e. The monoisotopic (exact) mass is 465 g/mol. The average Bonchev–Trinajstić information content (AvgIpc) is 3.04. The summed E-state index contributed by atoms with van der Waals surface area (Å²) in [6.07, 6.45) is 2.72. The van der Waals surface area contributed by atoms with Gasteiger partial charge in [0.2, 0.25) is 0 Å². The highest BCUT2D eigenvalue weighted by Crippen LogP contribution is 2.22. The third-order valence-electron chi connectivity index (χ3n) is 4.85. The second-order valence-electron chi connectivity index (χ2n) is 7.56. The van der Waals surface area contributed by atoms with Crippen LogP contribution < -0.4 is 5.32 Å². The molecule has 8 heteroatoms. The number of Topliss-reactive ketones (excluding diaryl/α,β-unsaturated/α-hetero) is 1. The quantitative estimate of drug-likeness (QED) is 0.298. The van der Waals surface area contributed by atoms with E-state index in [1.165, 1.54) is 24.6 Å². The lowest BCUT2D eigenvalue weighted by Gasteiger charge is -2.06. The van der Waals surface area contributed by atoms with Gasteiger partial charge in [-0.15, -0.1) is 0 Å². The van der Waals surface area contributed by atoms with Gasteiger partial charge in [0.25, 0.3) is 5.91 Å². The minimum Gasteiger partial charge on any atom is -0.452 e. The minimum absolute atomic E-state index is 0.112. The third-order valence-corrected chi connectivity index (χ3v) is 5.25. The Morgan fingerprint density at radius 2 is 1.85 bits per heavy atom. The van der Waals surface area contributed by atoms with Crippen LogP contribution in [0.1, 0.15) is 39.7 Å². The number of carbonyl (C=O) groups excluding carboxylic acids is 3. The predicted octanol–water partition coefficient (Wildman–Crippen LogP) is 4.60. The number of nitrogens with one attached hydrogen (secondary N) is 1. The number of rotatable bonds is 8. The lowest BCUT2D eigenvalue weighted by atomic mass is 10.1. The van der Waals surface area contributed by atoms with E-state index in [1.807, 2.05) is 31.2 Å². The normalized spacial score (nSPS) is 10.9. The summed E-state index contributed by atoms with van der Waals surface area (Å²) < 4.78 is 6.66. The first kappa shape index (κ1) is 23.9. The SMILES string of the molecule is CC(=O)c1cccc(NC(=O)COC(=O)C=Cc2c(C)nn(Cc3ccc(C)cc3)c2Cl)c1. The second-order valence-corrected chi connectivity index (χ2v) is 7.92. The van der Waals surface area contributed by atoms with Gasteiger partial charge in [-0.25, -0.2) is 9.48 Å². The van der Waals surface area contributed by atoms with E-state index in [0.717, 1.165) is 5.56 Å². The summed E-state index contributed by atoms with van der Waals surface area (Å²) in [4.78, 5) is 35.5. The van der Waals surface area contributed by atoms with Gasteiger partial charge in [0, 0.05) is 22.9 Å². The van der Waals surface area contributed by atoms with Crippen molar-refractivity contribution in [2.24, 2.45) is 0 Å². The van der Waals surface area contributed by atoms with Crippen LogP contribution in [0.4, 0.5) is 5.69 Å². The number of hydrogen-bond donors (Lipinski definition) is 1. The van der Waals surface area contributed by atoms with Gasteiger partial charge in [0.05, 0.1) is 12.2 Å². The number of hydrogen-bond acceptors (Lipinski definition) is 5. The Bertz CT molecular complexity index is 1210. The number of halogens is 1. The van der Waals surface area contributed by atoms with E-state index in [-0.39, 0.29) is 5.78 Å². The number of aromatic nitrogens is 2. The van der Waals surface area contributed by atoms with E-state index in [1.54, 1.807) is 35.9 Å². The van der Waals surface area contributed by atoms with E-state index in [9.17, 15) is 14.4 Å². The molecular formula is C25H24ClN3O4. The highest BCUT2D eigenvalue weighted by atomic mass is 35.5. The highest BCUT2D eigenvalue weighted by Gasteiger charge is 2.13. The van der Waals surface area contributed by atoms with Gasteiger partial charge < -0.3 is 10.1 Å². The van der Waals surface area contributed by atoms with Crippen molar-refractivity contribution in [3.8, 4) is 0 Å². The first-order chi connectivity index (χ1) is 15.7. The van der Waals surface area contributed by atoms with Crippen molar-refractivity contribution in [3.63, 3.8) is 0 Å². The molecule has 0 spiro atoms. The molecule has 2 aromatic carbocycles. The summed E-state index contributed by atoms with van der Waals surface area (Å²) >= 11 is 6.46. The molecule has 0 atom stereocenters. The number of aryl methyl sites for hydroxylation is 2. The molecule has 3 aromatic rings. The van der Waals surface area contributed by atoms with Gasteiger partial charge in [0.1, 0.15) is 5.15 Å². The molecule has 0 aliphatic heterocycles. The standard InChI is InChI=1S/C25H24ClN3O4/c1-16-7-9-19(10-8-16)14-29-25(26)22(17(2)28-29)11-12-24(32)33-15-23(31)27-21-6-4-5-20(13-21)18(3)30/h4-13H,14-15H2,1-3H3,(H,27,31). The van der Waals surface area contributed by atoms with Crippen LogP contribution in [0.15, 0.2) is 54.6 Å². The van der Waals surface area contributed by atoms with Crippen LogP contribution in [-0.4, -0.2) is 34.0 Å². The van der Waals surface area contributed by atoms with Gasteiger partial charge in [-0.1, -0.05) is 53.6 Å². The maximum atomic E-state index is 12.1. The number of nitrogens with zero attached hydrogens (tertiary/aromatic N) is 2. The second kappa shape index (κ2) is 10.7. The molecule has 0 aliphatic rings. The Balaban J connectivity index is 1.56. The Morgan fingerprint density at radius 1 is 1.12 bits per heavy atom. The number of ether oxygens (including phenoxy) is 1. The van der Waals surface area contributed by atoms with Gasteiger partial charge >= 0.3 is 5.97 Å². The third kappa shape index (κ3) is 6.63. The van der Waals surface area contributed by atoms with Crippen LogP contribution in [0.5, 0.6) is 0 Å². The van der Waals surface area contributed by atoms with Crippen molar-refractivity contribution in [3.05, 3.63) is 87.7 Å². The van der Waals surface area contributed by atoms with Crippen LogP contribution >= 0.6 is 11.6 Å². The fourth-order valence-corrected chi connectivity index (χ4v) is 3.37. The average molecular weight is 466 g/mol. The minimum atomic E-state index is -0.690. The largest absolute Gasteiger partial charge is 0.452 e. The van der Waals surface area contributed by atoms with Gasteiger partial charge in [-0.2, -0.15) is 5.10 Å². The summed E-state index contributed by atoms with van der Waals surface area (Å²) in [7, 11) is 0. The van der Waals surface area contributed by atoms with Crippen molar-refractivity contribution >= 4 is 41.0 Å². The first-order valence-electron chi connectivity index (χ1n) is 10.3. The topological polar surface area (TPSA) is 90.3 Å². The van der Waals surface area contributed by atoms with Crippen molar-refractivity contribution in [2.75, 3.05) is 11.9 Å². The summed E-state index contributed by atoms with van der Waals surface area (Å²) in [5.74, 6) is -1.32. The summed E-state index contributed by atoms with van der Waals surface area (Å²) in [5, 5.41) is 7.43. The van der Waals surface area contributed by atoms with Gasteiger partial charge in [0.15, 0.2) is 12.4 Å². The van der Waals surface area contributed by atoms with E-state index in [2.05, 4.69) is 10.4 Å². The van der Waals surface area contributed by atoms with E-state index < -0.39 is 18.5 Å². The van der Waals surface area contributed by atoms with Gasteiger partial charge in [-0.05, 0) is 44.5 Å². The molecule has 0 unspecified atom stereocenters. The number of benzene rings is 2. The molecule has 1 heterocycles. The zero-order valence-corrected chi connectivity index (χ0v) is 19.3. The van der Waals surface area contributed by atoms with Crippen LogP contribution in [0.25, 0.3) is 6.08 Å². The Labute approximate surface area is 197 Å². The molecule has 7 nitrogen and oxygen atoms in total. The maximum Gasteiger partial charge on any atom is 0.331 e. The van der Waals surface area contributed by atoms with Crippen molar-refractivity contribution in [2.45, 2.75) is 27.3 Å². The lowest BCUT2D eigenvalue weighted by Crippen LogP contribution is -2.20. The van der Waals surface area contributed by atoms with Crippen molar-refractivity contribution in [1.82, 2.24) is 9.78 Å². The number of carbonyl (C=O) groups is 3. The Morgan fingerprint density at radius 3 is 2.55 bits per heavy atom. The predicted molar refractivity (Wildman–Crippen MR) is 127 cm³/mol. The fraction of sp³-hybridized carbons (Fsp3) is 0.200. The molecule has 0 radical (unpaired) electrons. The fourth-order valence-electron chi connectivity index (χ4n) is 3.08. The van der Waals surface area contributed by atoms with Crippen molar-refractivity contribution < 1.29 is 19.1 Å². The number of ketones is 1.